The van der Waals surface area contributed by atoms with Gasteiger partial charge in [0, 0.05) is 19.3 Å². The molecule has 25 heavy (non-hydrogen) atoms. The quantitative estimate of drug-likeness (QED) is 0.335. The van der Waals surface area contributed by atoms with Gasteiger partial charge in [-0.1, -0.05) is 59.5 Å². The topological polar surface area (TPSA) is 21.7 Å². The number of rotatable bonds is 11. The molecule has 1 saturated carbocycles. The van der Waals surface area contributed by atoms with E-state index in [0.717, 1.165) is 25.3 Å². The molecule has 0 saturated heterocycles. The van der Waals surface area contributed by atoms with E-state index in [-0.39, 0.29) is 0 Å². The van der Waals surface area contributed by atoms with E-state index in [9.17, 15) is 0 Å². The lowest BCUT2D eigenvalue weighted by Crippen LogP contribution is -2.59. The Morgan fingerprint density at radius 1 is 0.960 bits per heavy atom. The molecule has 0 spiro atoms. The summed E-state index contributed by atoms with van der Waals surface area (Å²) >= 11 is 0. The van der Waals surface area contributed by atoms with E-state index in [1.807, 2.05) is 0 Å². The van der Waals surface area contributed by atoms with E-state index >= 15 is 0 Å². The van der Waals surface area contributed by atoms with Crippen LogP contribution in [0, 0.1) is 0 Å². The predicted octanol–water partition coefficient (Wildman–Crippen LogP) is 5.70. The Balaban J connectivity index is 2.61. The lowest BCUT2D eigenvalue weighted by atomic mass is 9.95. The van der Waals surface area contributed by atoms with Gasteiger partial charge in [-0.15, -0.1) is 0 Å². The maximum absolute atomic E-state index is 5.84. The largest absolute Gasteiger partial charge is 0.397 e. The number of hydrogen-bond acceptors (Lipinski definition) is 3. The third-order valence-corrected chi connectivity index (χ3v) is 14.3. The van der Waals surface area contributed by atoms with Gasteiger partial charge in [-0.25, -0.2) is 0 Å². The molecular formula is C20H45NO2Si2. The summed E-state index contributed by atoms with van der Waals surface area (Å²) in [6.07, 6.45) is 9.70. The molecule has 0 bridgehead atoms. The fourth-order valence-corrected chi connectivity index (χ4v) is 8.47. The van der Waals surface area contributed by atoms with Gasteiger partial charge in [0.25, 0.3) is 0 Å². The standard InChI is InChI=1S/C20H45NO2Si2/c1-8-22-24(23-9-2)18-14-13-17-21(19-15-11-10-12-16-19)25(6,7)20(3,4)5/h19,24H,8-18H2,1-7H3. The number of hydrogen-bond donors (Lipinski definition) is 0. The monoisotopic (exact) mass is 387 g/mol. The van der Waals surface area contributed by atoms with Crippen LogP contribution in [0.5, 0.6) is 0 Å². The van der Waals surface area contributed by atoms with Crippen molar-refractivity contribution in [2.45, 2.75) is 110 Å². The van der Waals surface area contributed by atoms with Crippen molar-refractivity contribution in [1.29, 1.82) is 0 Å². The normalized spacial score (nSPS) is 17.6. The van der Waals surface area contributed by atoms with Crippen LogP contribution in [0.4, 0.5) is 0 Å². The highest BCUT2D eigenvalue weighted by molar-refractivity contribution is 6.77. The van der Waals surface area contributed by atoms with Gasteiger partial charge in [0.2, 0.25) is 0 Å². The molecule has 3 nitrogen and oxygen atoms in total. The Morgan fingerprint density at radius 2 is 1.52 bits per heavy atom. The Morgan fingerprint density at radius 3 is 2.00 bits per heavy atom. The average Bonchev–Trinajstić information content (AvgIpc) is 2.54. The zero-order valence-electron chi connectivity index (χ0n) is 18.2. The van der Waals surface area contributed by atoms with Gasteiger partial charge in [0.1, 0.15) is 8.24 Å². The van der Waals surface area contributed by atoms with Crippen LogP contribution in [0.3, 0.4) is 0 Å². The first-order chi connectivity index (χ1) is 11.7. The minimum atomic E-state index is -1.45. The fourth-order valence-electron chi connectivity index (χ4n) is 3.92. The van der Waals surface area contributed by atoms with Gasteiger partial charge in [0.15, 0.2) is 0 Å². The van der Waals surface area contributed by atoms with Crippen molar-refractivity contribution in [2.24, 2.45) is 0 Å². The predicted molar refractivity (Wildman–Crippen MR) is 115 cm³/mol. The van der Waals surface area contributed by atoms with E-state index in [1.165, 1.54) is 51.5 Å². The van der Waals surface area contributed by atoms with Crippen molar-refractivity contribution >= 4 is 17.5 Å². The third kappa shape index (κ3) is 7.45. The maximum Gasteiger partial charge on any atom is 0.321 e. The van der Waals surface area contributed by atoms with Crippen molar-refractivity contribution in [3.8, 4) is 0 Å². The highest BCUT2D eigenvalue weighted by Gasteiger charge is 2.43. The van der Waals surface area contributed by atoms with Gasteiger partial charge in [0.05, 0.1) is 0 Å². The second kappa shape index (κ2) is 11.2. The molecule has 150 valence electrons. The van der Waals surface area contributed by atoms with E-state index in [4.69, 9.17) is 8.85 Å². The first-order valence-corrected chi connectivity index (χ1v) is 15.4. The van der Waals surface area contributed by atoms with Crippen molar-refractivity contribution in [1.82, 2.24) is 4.57 Å². The second-order valence-corrected chi connectivity index (χ2v) is 16.4. The summed E-state index contributed by atoms with van der Waals surface area (Å²) in [6.45, 7) is 19.6. The van der Waals surface area contributed by atoms with E-state index < -0.39 is 17.5 Å². The molecule has 1 aliphatic rings. The molecule has 0 aromatic rings. The third-order valence-electron chi connectivity index (χ3n) is 6.36. The molecule has 1 fully saturated rings. The van der Waals surface area contributed by atoms with Gasteiger partial charge < -0.3 is 13.4 Å². The molecule has 5 heteroatoms. The van der Waals surface area contributed by atoms with Crippen LogP contribution in [0.25, 0.3) is 0 Å². The Hall–Kier alpha value is 0.314. The molecule has 0 aliphatic heterocycles. The SMILES string of the molecule is CCO[SiH](CCCCN(C1CCCCC1)[Si](C)(C)C(C)(C)C)OCC. The van der Waals surface area contributed by atoms with Crippen LogP contribution in [-0.2, 0) is 8.85 Å². The molecule has 1 rings (SSSR count). The van der Waals surface area contributed by atoms with Gasteiger partial charge in [-0.2, -0.15) is 0 Å². The van der Waals surface area contributed by atoms with Crippen molar-refractivity contribution in [3.63, 3.8) is 0 Å². The summed E-state index contributed by atoms with van der Waals surface area (Å²) < 4.78 is 14.7. The molecule has 0 aromatic carbocycles. The van der Waals surface area contributed by atoms with Crippen LogP contribution in [-0.4, -0.2) is 47.9 Å². The lowest BCUT2D eigenvalue weighted by Gasteiger charge is -2.50. The Bertz CT molecular complexity index is 346. The molecule has 0 radical (unpaired) electrons. The molecular weight excluding hydrogens is 342 g/mol. The minimum absolute atomic E-state index is 0.429. The summed E-state index contributed by atoms with van der Waals surface area (Å²) in [4.78, 5) is 0. The minimum Gasteiger partial charge on any atom is -0.397 e. The van der Waals surface area contributed by atoms with Crippen LogP contribution < -0.4 is 0 Å². The van der Waals surface area contributed by atoms with Crippen molar-refractivity contribution < 1.29 is 8.85 Å². The van der Waals surface area contributed by atoms with E-state index in [1.54, 1.807) is 0 Å². The number of unbranched alkanes of at least 4 members (excludes halogenated alkanes) is 1. The summed E-state index contributed by atoms with van der Waals surface area (Å²) in [5.41, 5.74) is 0. The van der Waals surface area contributed by atoms with Crippen LogP contribution in [0.15, 0.2) is 0 Å². The van der Waals surface area contributed by atoms with Crippen LogP contribution in [0.2, 0.25) is 24.2 Å². The Labute approximate surface area is 160 Å². The van der Waals surface area contributed by atoms with Crippen molar-refractivity contribution in [3.05, 3.63) is 0 Å². The summed E-state index contributed by atoms with van der Waals surface area (Å²) in [5, 5.41) is 0.429. The zero-order chi connectivity index (χ0) is 18.9. The summed E-state index contributed by atoms with van der Waals surface area (Å²) in [5.74, 6) is 0. The summed E-state index contributed by atoms with van der Waals surface area (Å²) in [7, 11) is -2.86. The van der Waals surface area contributed by atoms with Crippen LogP contribution in [0.1, 0.15) is 79.6 Å². The van der Waals surface area contributed by atoms with Gasteiger partial charge in [-0.05, 0) is 50.7 Å². The molecule has 0 N–H and O–H groups in total. The molecule has 0 atom stereocenters. The van der Waals surface area contributed by atoms with Gasteiger partial charge in [-0.3, -0.25) is 0 Å². The van der Waals surface area contributed by atoms with E-state index in [0.29, 0.717) is 5.04 Å². The molecule has 1 aliphatic carbocycles. The Kier molecular flexibility index (Phi) is 10.5. The molecule has 0 aromatic heterocycles. The highest BCUT2D eigenvalue weighted by atomic mass is 28.3. The smallest absolute Gasteiger partial charge is 0.321 e. The summed E-state index contributed by atoms with van der Waals surface area (Å²) in [6, 6.07) is 2.00. The maximum atomic E-state index is 5.84. The first-order valence-electron chi connectivity index (χ1n) is 10.7. The first kappa shape index (κ1) is 23.4. The van der Waals surface area contributed by atoms with Crippen molar-refractivity contribution in [2.75, 3.05) is 19.8 Å². The lowest BCUT2D eigenvalue weighted by molar-refractivity contribution is 0.210. The molecule has 0 heterocycles. The van der Waals surface area contributed by atoms with E-state index in [2.05, 4.69) is 52.3 Å². The fraction of sp³-hybridized carbons (Fsp3) is 1.00. The average molecular weight is 388 g/mol. The second-order valence-electron chi connectivity index (χ2n) is 9.13. The van der Waals surface area contributed by atoms with Gasteiger partial charge >= 0.3 is 9.28 Å². The molecule has 0 unspecified atom stereocenters. The molecule has 0 amide bonds. The highest BCUT2D eigenvalue weighted by Crippen LogP contribution is 2.41. The van der Waals surface area contributed by atoms with Crippen LogP contribution >= 0.6 is 0 Å². The number of nitrogens with zero attached hydrogens (tertiary/aromatic N) is 1. The zero-order valence-corrected chi connectivity index (χ0v) is 20.4.